The van der Waals surface area contributed by atoms with Gasteiger partial charge >= 0.3 is 0 Å². The van der Waals surface area contributed by atoms with Gasteiger partial charge in [0.1, 0.15) is 0 Å². The van der Waals surface area contributed by atoms with Gasteiger partial charge in [0.2, 0.25) is 5.95 Å². The summed E-state index contributed by atoms with van der Waals surface area (Å²) in [4.78, 5) is 13.7. The van der Waals surface area contributed by atoms with Crippen molar-refractivity contribution in [2.45, 2.75) is 38.6 Å². The molecular weight excluding hydrogens is 351 g/mol. The van der Waals surface area contributed by atoms with E-state index in [4.69, 9.17) is 4.98 Å². The highest BCUT2D eigenvalue weighted by molar-refractivity contribution is 14.1. The van der Waals surface area contributed by atoms with Crippen LogP contribution < -0.4 is 4.90 Å². The number of halogens is 1. The molecule has 4 nitrogen and oxygen atoms in total. The lowest BCUT2D eigenvalue weighted by atomic mass is 9.94. The summed E-state index contributed by atoms with van der Waals surface area (Å²) in [5, 5.41) is 0. The third-order valence-electron chi connectivity index (χ3n) is 3.73. The van der Waals surface area contributed by atoms with E-state index in [1.54, 1.807) is 0 Å². The van der Waals surface area contributed by atoms with Gasteiger partial charge in [0.05, 0.1) is 9.26 Å². The fraction of sp³-hybridized carbons (Fsp3) is 0.714. The predicted molar refractivity (Wildman–Crippen MR) is 87.8 cm³/mol. The van der Waals surface area contributed by atoms with Crippen molar-refractivity contribution >= 4 is 28.5 Å². The first-order chi connectivity index (χ1) is 8.99. The second-order valence-electron chi connectivity index (χ2n) is 5.73. The number of hydrogen-bond donors (Lipinski definition) is 0. The van der Waals surface area contributed by atoms with E-state index < -0.39 is 0 Å². The second-order valence-corrected chi connectivity index (χ2v) is 6.89. The summed E-state index contributed by atoms with van der Waals surface area (Å²) in [5.74, 6) is 1.36. The van der Waals surface area contributed by atoms with E-state index in [-0.39, 0.29) is 0 Å². The van der Waals surface area contributed by atoms with Crippen LogP contribution in [0, 0.1) is 3.57 Å². The molecule has 0 unspecified atom stereocenters. The molecule has 1 fully saturated rings. The van der Waals surface area contributed by atoms with E-state index in [1.807, 2.05) is 25.2 Å². The summed E-state index contributed by atoms with van der Waals surface area (Å²) >= 11 is 2.37. The zero-order valence-electron chi connectivity index (χ0n) is 12.2. The number of hydrogen-bond acceptors (Lipinski definition) is 4. The van der Waals surface area contributed by atoms with Crippen LogP contribution in [0.1, 0.15) is 38.3 Å². The van der Waals surface area contributed by atoms with Crippen LogP contribution in [0.4, 0.5) is 5.95 Å². The minimum Gasteiger partial charge on any atom is -0.347 e. The number of nitrogens with zero attached hydrogens (tertiary/aromatic N) is 4. The molecule has 0 radical (unpaired) electrons. The van der Waals surface area contributed by atoms with Crippen LogP contribution in [0.15, 0.2) is 6.20 Å². The first-order valence-corrected chi connectivity index (χ1v) is 8.00. The predicted octanol–water partition coefficient (Wildman–Crippen LogP) is 2.74. The van der Waals surface area contributed by atoms with E-state index in [1.165, 1.54) is 28.7 Å². The van der Waals surface area contributed by atoms with Gasteiger partial charge in [0.25, 0.3) is 0 Å². The molecule has 2 rings (SSSR count). The summed E-state index contributed by atoms with van der Waals surface area (Å²) in [6.45, 7) is 6.89. The van der Waals surface area contributed by atoms with Gasteiger partial charge < -0.3 is 9.80 Å². The van der Waals surface area contributed by atoms with E-state index in [0.717, 1.165) is 12.5 Å². The molecule has 1 saturated heterocycles. The van der Waals surface area contributed by atoms with Gasteiger partial charge in [-0.15, -0.1) is 0 Å². The molecule has 0 bridgehead atoms. The van der Waals surface area contributed by atoms with Crippen molar-refractivity contribution in [3.63, 3.8) is 0 Å². The Bertz CT molecular complexity index is 433. The number of anilines is 1. The van der Waals surface area contributed by atoms with Gasteiger partial charge in [0, 0.05) is 38.8 Å². The third kappa shape index (κ3) is 3.56. The quantitative estimate of drug-likeness (QED) is 0.762. The maximum absolute atomic E-state index is 4.77. The Balaban J connectivity index is 2.22. The average Bonchev–Trinajstić information content (AvgIpc) is 2.39. The molecule has 106 valence electrons. The smallest absolute Gasteiger partial charge is 0.225 e. The van der Waals surface area contributed by atoms with Gasteiger partial charge in [-0.25, -0.2) is 9.97 Å². The minimum absolute atomic E-state index is 0.546. The molecule has 0 amide bonds. The van der Waals surface area contributed by atoms with Crippen molar-refractivity contribution in [1.82, 2.24) is 14.9 Å². The van der Waals surface area contributed by atoms with Gasteiger partial charge in [-0.1, -0.05) is 0 Å². The maximum Gasteiger partial charge on any atom is 0.225 e. The molecule has 1 aromatic rings. The lowest BCUT2D eigenvalue weighted by Crippen LogP contribution is -2.39. The third-order valence-corrected chi connectivity index (χ3v) is 4.56. The summed E-state index contributed by atoms with van der Waals surface area (Å²) in [6.07, 6.45) is 4.45. The van der Waals surface area contributed by atoms with Crippen LogP contribution in [-0.4, -0.2) is 48.1 Å². The van der Waals surface area contributed by atoms with Crippen LogP contribution in [0.5, 0.6) is 0 Å². The van der Waals surface area contributed by atoms with Crippen LogP contribution in [0.25, 0.3) is 0 Å². The van der Waals surface area contributed by atoms with Crippen molar-refractivity contribution in [2.24, 2.45) is 0 Å². The van der Waals surface area contributed by atoms with Gasteiger partial charge in [-0.05, 0) is 55.8 Å². The normalized spacial score (nSPS) is 20.8. The lowest BCUT2D eigenvalue weighted by molar-refractivity contribution is 0.166. The van der Waals surface area contributed by atoms with Crippen molar-refractivity contribution in [3.8, 4) is 0 Å². The average molecular weight is 374 g/mol. The molecule has 2 heterocycles. The summed E-state index contributed by atoms with van der Waals surface area (Å²) in [6, 6.07) is 0.621. The fourth-order valence-electron chi connectivity index (χ4n) is 2.57. The molecule has 1 aliphatic rings. The Morgan fingerprint density at radius 3 is 2.79 bits per heavy atom. The number of rotatable bonds is 3. The summed E-state index contributed by atoms with van der Waals surface area (Å²) < 4.78 is 1.19. The summed E-state index contributed by atoms with van der Waals surface area (Å²) in [7, 11) is 3.99. The SMILES string of the molecule is CC(C)N1CCC[C@@H](c2nc(N(C)C)ncc2I)C1. The molecule has 1 aromatic heterocycles. The largest absolute Gasteiger partial charge is 0.347 e. The second kappa shape index (κ2) is 6.35. The molecule has 1 atom stereocenters. The molecular formula is C14H23IN4. The van der Waals surface area contributed by atoms with Crippen LogP contribution in [-0.2, 0) is 0 Å². The Morgan fingerprint density at radius 1 is 1.42 bits per heavy atom. The Morgan fingerprint density at radius 2 is 2.16 bits per heavy atom. The molecule has 5 heteroatoms. The molecule has 0 N–H and O–H groups in total. The van der Waals surface area contributed by atoms with Crippen molar-refractivity contribution in [3.05, 3.63) is 15.5 Å². The van der Waals surface area contributed by atoms with Crippen LogP contribution in [0.3, 0.4) is 0 Å². The van der Waals surface area contributed by atoms with Crippen molar-refractivity contribution in [1.29, 1.82) is 0 Å². The van der Waals surface area contributed by atoms with E-state index >= 15 is 0 Å². The molecule has 1 aliphatic heterocycles. The van der Waals surface area contributed by atoms with Gasteiger partial charge in [-0.2, -0.15) is 0 Å². The number of aromatic nitrogens is 2. The van der Waals surface area contributed by atoms with Gasteiger partial charge in [-0.3, -0.25) is 0 Å². The topological polar surface area (TPSA) is 32.3 Å². The van der Waals surface area contributed by atoms with Gasteiger partial charge in [0.15, 0.2) is 0 Å². The monoisotopic (exact) mass is 374 g/mol. The number of likely N-dealkylation sites (tertiary alicyclic amines) is 1. The first-order valence-electron chi connectivity index (χ1n) is 6.93. The fourth-order valence-corrected chi connectivity index (χ4v) is 3.27. The lowest BCUT2D eigenvalue weighted by Gasteiger charge is -2.35. The Labute approximate surface area is 129 Å². The first kappa shape index (κ1) is 15.0. The van der Waals surface area contributed by atoms with E-state index in [9.17, 15) is 0 Å². The minimum atomic E-state index is 0.546. The highest BCUT2D eigenvalue weighted by Gasteiger charge is 2.26. The van der Waals surface area contributed by atoms with Crippen LogP contribution >= 0.6 is 22.6 Å². The zero-order chi connectivity index (χ0) is 14.0. The Hall–Kier alpha value is -0.430. The summed E-state index contributed by atoms with van der Waals surface area (Å²) in [5.41, 5.74) is 1.23. The standard InChI is InChI=1S/C14H23IN4/c1-10(2)19-7-5-6-11(9-19)13-12(15)8-16-14(17-13)18(3)4/h8,10-11H,5-7,9H2,1-4H3/t11-/m1/s1. The molecule has 0 saturated carbocycles. The molecule has 0 spiro atoms. The molecule has 0 aromatic carbocycles. The van der Waals surface area contributed by atoms with E-state index in [2.05, 4.69) is 46.3 Å². The van der Waals surface area contributed by atoms with Crippen LogP contribution in [0.2, 0.25) is 0 Å². The molecule has 0 aliphatic carbocycles. The highest BCUT2D eigenvalue weighted by Crippen LogP contribution is 2.30. The maximum atomic E-state index is 4.77. The van der Waals surface area contributed by atoms with Crippen molar-refractivity contribution in [2.75, 3.05) is 32.1 Å². The number of piperidine rings is 1. The highest BCUT2D eigenvalue weighted by atomic mass is 127. The van der Waals surface area contributed by atoms with Crippen molar-refractivity contribution < 1.29 is 0 Å². The zero-order valence-corrected chi connectivity index (χ0v) is 14.4. The Kier molecular flexibility index (Phi) is 5.00. The van der Waals surface area contributed by atoms with E-state index in [0.29, 0.717) is 12.0 Å². The molecule has 19 heavy (non-hydrogen) atoms.